The van der Waals surface area contributed by atoms with Crippen molar-refractivity contribution in [1.82, 2.24) is 14.8 Å². The van der Waals surface area contributed by atoms with E-state index in [1.165, 1.54) is 66.5 Å². The first-order valence-electron chi connectivity index (χ1n) is 14.6. The molecule has 1 N–H and O–H groups in total. The monoisotopic (exact) mass is 517 g/mol. The Labute approximate surface area is 232 Å². The summed E-state index contributed by atoms with van der Waals surface area (Å²) in [6, 6.07) is 27.5. The number of fused-ring (bicyclic) bond motifs is 1. The van der Waals surface area contributed by atoms with Gasteiger partial charge in [0.05, 0.1) is 0 Å². The highest BCUT2D eigenvalue weighted by atomic mass is 16.2. The van der Waals surface area contributed by atoms with Gasteiger partial charge in [-0.15, -0.1) is 0 Å². The van der Waals surface area contributed by atoms with Crippen LogP contribution in [0.5, 0.6) is 0 Å². The molecule has 3 aromatic carbocycles. The van der Waals surface area contributed by atoms with E-state index in [1.807, 2.05) is 17.0 Å². The first-order valence-corrected chi connectivity index (χ1v) is 14.6. The number of aromatic amines is 1. The van der Waals surface area contributed by atoms with Gasteiger partial charge in [-0.05, 0) is 98.0 Å². The molecule has 0 bridgehead atoms. The minimum Gasteiger partial charge on any atom is -0.361 e. The Balaban J connectivity index is 0.917. The summed E-state index contributed by atoms with van der Waals surface area (Å²) < 4.78 is 0. The van der Waals surface area contributed by atoms with Gasteiger partial charge in [-0.25, -0.2) is 0 Å². The number of piperidine rings is 2. The molecule has 2 fully saturated rings. The van der Waals surface area contributed by atoms with Crippen LogP contribution >= 0.6 is 0 Å². The summed E-state index contributed by atoms with van der Waals surface area (Å²) in [4.78, 5) is 21.0. The van der Waals surface area contributed by atoms with Crippen molar-refractivity contribution in [3.63, 3.8) is 0 Å². The molecule has 4 nitrogen and oxygen atoms in total. The van der Waals surface area contributed by atoms with Crippen LogP contribution in [0.25, 0.3) is 28.1 Å². The Kier molecular flexibility index (Phi) is 7.92. The lowest BCUT2D eigenvalue weighted by Gasteiger charge is -2.35. The number of rotatable bonds is 7. The molecule has 0 spiro atoms. The van der Waals surface area contributed by atoms with Crippen molar-refractivity contribution in [2.75, 3.05) is 32.7 Å². The van der Waals surface area contributed by atoms with Crippen LogP contribution < -0.4 is 0 Å². The smallest absolute Gasteiger partial charge is 0.246 e. The van der Waals surface area contributed by atoms with E-state index in [2.05, 4.69) is 88.9 Å². The van der Waals surface area contributed by atoms with Gasteiger partial charge in [0, 0.05) is 36.3 Å². The number of amides is 1. The number of H-pyrrole nitrogens is 1. The van der Waals surface area contributed by atoms with Crippen LogP contribution in [-0.4, -0.2) is 53.4 Å². The van der Waals surface area contributed by atoms with Gasteiger partial charge in [-0.3, -0.25) is 4.79 Å². The third kappa shape index (κ3) is 6.17. The molecule has 6 rings (SSSR count). The van der Waals surface area contributed by atoms with E-state index < -0.39 is 0 Å². The zero-order valence-electron chi connectivity index (χ0n) is 22.8. The zero-order chi connectivity index (χ0) is 26.4. The Hall–Kier alpha value is -3.63. The molecule has 0 radical (unpaired) electrons. The molecule has 0 aliphatic carbocycles. The molecule has 4 aromatic rings. The third-order valence-electron chi connectivity index (χ3n) is 8.86. The molecule has 2 aliphatic rings. The van der Waals surface area contributed by atoms with Crippen molar-refractivity contribution < 1.29 is 4.79 Å². The van der Waals surface area contributed by atoms with E-state index in [1.54, 1.807) is 6.08 Å². The maximum atomic E-state index is 12.8. The van der Waals surface area contributed by atoms with Gasteiger partial charge in [0.2, 0.25) is 5.91 Å². The van der Waals surface area contributed by atoms with Crippen molar-refractivity contribution in [1.29, 1.82) is 0 Å². The Morgan fingerprint density at radius 2 is 1.49 bits per heavy atom. The number of benzene rings is 3. The molecule has 2 saturated heterocycles. The Bertz CT molecular complexity index is 1390. The lowest BCUT2D eigenvalue weighted by molar-refractivity contribution is -0.127. The molecule has 39 heavy (non-hydrogen) atoms. The second-order valence-electron chi connectivity index (χ2n) is 11.3. The standard InChI is InChI=1S/C35H39N3O/c39-35(15-12-27-10-13-30(14-11-27)29-6-2-1-3-7-29)38-24-17-28(18-25-38)16-21-37-22-19-31(20-23-37)33-26-36-34-9-5-4-8-32(33)34/h1-15,26,28,31,36H,16-25H2/b15-12+. The average molecular weight is 518 g/mol. The second kappa shape index (κ2) is 12.0. The number of nitrogens with zero attached hydrogens (tertiary/aromatic N) is 2. The van der Waals surface area contributed by atoms with Gasteiger partial charge in [0.25, 0.3) is 0 Å². The number of aromatic nitrogens is 1. The van der Waals surface area contributed by atoms with Crippen LogP contribution in [0.2, 0.25) is 0 Å². The number of nitrogens with one attached hydrogen (secondary N) is 1. The lowest BCUT2D eigenvalue weighted by Crippen LogP contribution is -2.39. The predicted octanol–water partition coefficient (Wildman–Crippen LogP) is 7.36. The summed E-state index contributed by atoms with van der Waals surface area (Å²) in [5.41, 5.74) is 6.22. The van der Waals surface area contributed by atoms with Gasteiger partial charge >= 0.3 is 0 Å². The summed E-state index contributed by atoms with van der Waals surface area (Å²) in [6.45, 7) is 5.34. The van der Waals surface area contributed by atoms with Crippen molar-refractivity contribution in [3.8, 4) is 11.1 Å². The SMILES string of the molecule is O=C(/C=C/c1ccc(-c2ccccc2)cc1)N1CCC(CCN2CCC(c3c[nH]c4ccccc34)CC2)CC1. The molecule has 4 heteroatoms. The maximum Gasteiger partial charge on any atom is 0.246 e. The maximum absolute atomic E-state index is 12.8. The van der Waals surface area contributed by atoms with Crippen LogP contribution in [0.1, 0.15) is 49.1 Å². The van der Waals surface area contributed by atoms with E-state index in [-0.39, 0.29) is 5.91 Å². The van der Waals surface area contributed by atoms with E-state index in [0.717, 1.165) is 37.4 Å². The van der Waals surface area contributed by atoms with Crippen molar-refractivity contribution in [2.45, 2.75) is 38.0 Å². The fourth-order valence-corrected chi connectivity index (χ4v) is 6.40. The van der Waals surface area contributed by atoms with Crippen molar-refractivity contribution in [3.05, 3.63) is 102 Å². The van der Waals surface area contributed by atoms with Gasteiger partial charge in [-0.2, -0.15) is 0 Å². The van der Waals surface area contributed by atoms with E-state index in [4.69, 9.17) is 0 Å². The minimum absolute atomic E-state index is 0.139. The van der Waals surface area contributed by atoms with Crippen LogP contribution in [0.15, 0.2) is 91.1 Å². The molecule has 1 aromatic heterocycles. The molecule has 1 amide bonds. The van der Waals surface area contributed by atoms with E-state index in [0.29, 0.717) is 5.92 Å². The topological polar surface area (TPSA) is 39.3 Å². The van der Waals surface area contributed by atoms with Crippen molar-refractivity contribution in [2.24, 2.45) is 5.92 Å². The largest absolute Gasteiger partial charge is 0.361 e. The first-order chi connectivity index (χ1) is 19.2. The fraction of sp³-hybridized carbons (Fsp3) is 0.343. The number of carbonyl (C=O) groups excluding carboxylic acids is 1. The fourth-order valence-electron chi connectivity index (χ4n) is 6.40. The number of para-hydroxylation sites is 1. The number of hydrogen-bond donors (Lipinski definition) is 1. The summed E-state index contributed by atoms with van der Waals surface area (Å²) in [7, 11) is 0. The van der Waals surface area contributed by atoms with Crippen LogP contribution in [0, 0.1) is 5.92 Å². The molecular weight excluding hydrogens is 478 g/mol. The molecular formula is C35H39N3O. The van der Waals surface area contributed by atoms with Crippen LogP contribution in [-0.2, 0) is 4.79 Å². The highest BCUT2D eigenvalue weighted by Gasteiger charge is 2.25. The first kappa shape index (κ1) is 25.6. The molecule has 0 saturated carbocycles. The molecule has 0 atom stereocenters. The van der Waals surface area contributed by atoms with Crippen LogP contribution in [0.4, 0.5) is 0 Å². The quantitative estimate of drug-likeness (QED) is 0.260. The van der Waals surface area contributed by atoms with Crippen LogP contribution in [0.3, 0.4) is 0 Å². The van der Waals surface area contributed by atoms with Gasteiger partial charge < -0.3 is 14.8 Å². The number of likely N-dealkylation sites (tertiary alicyclic amines) is 2. The predicted molar refractivity (Wildman–Crippen MR) is 162 cm³/mol. The third-order valence-corrected chi connectivity index (χ3v) is 8.86. The zero-order valence-corrected chi connectivity index (χ0v) is 22.8. The number of hydrogen-bond acceptors (Lipinski definition) is 2. The summed E-state index contributed by atoms with van der Waals surface area (Å²) in [6.07, 6.45) is 11.9. The summed E-state index contributed by atoms with van der Waals surface area (Å²) in [5, 5.41) is 1.40. The normalized spacial score (nSPS) is 17.8. The van der Waals surface area contributed by atoms with E-state index >= 15 is 0 Å². The van der Waals surface area contributed by atoms with Gasteiger partial charge in [-0.1, -0.05) is 72.8 Å². The molecule has 200 valence electrons. The Morgan fingerprint density at radius 1 is 0.795 bits per heavy atom. The second-order valence-corrected chi connectivity index (χ2v) is 11.3. The van der Waals surface area contributed by atoms with Crippen molar-refractivity contribution >= 4 is 22.9 Å². The van der Waals surface area contributed by atoms with E-state index in [9.17, 15) is 4.79 Å². The Morgan fingerprint density at radius 3 is 2.26 bits per heavy atom. The molecule has 0 unspecified atom stereocenters. The summed E-state index contributed by atoms with van der Waals surface area (Å²) in [5.74, 6) is 1.54. The highest BCUT2D eigenvalue weighted by molar-refractivity contribution is 5.92. The molecule has 3 heterocycles. The van der Waals surface area contributed by atoms with Gasteiger partial charge in [0.15, 0.2) is 0 Å². The molecule has 2 aliphatic heterocycles. The number of carbonyl (C=O) groups is 1. The summed E-state index contributed by atoms with van der Waals surface area (Å²) >= 11 is 0. The average Bonchev–Trinajstić information content (AvgIpc) is 3.44. The lowest BCUT2D eigenvalue weighted by atomic mass is 9.88. The minimum atomic E-state index is 0.139. The van der Waals surface area contributed by atoms with Gasteiger partial charge in [0.1, 0.15) is 0 Å². The highest BCUT2D eigenvalue weighted by Crippen LogP contribution is 2.33.